The van der Waals surface area contributed by atoms with Crippen LogP contribution in [0.15, 0.2) is 78.9 Å². The molecule has 0 aliphatic carbocycles. The van der Waals surface area contributed by atoms with Gasteiger partial charge in [0.1, 0.15) is 23.9 Å². The van der Waals surface area contributed by atoms with Crippen LogP contribution in [0.2, 0.25) is 0 Å². The van der Waals surface area contributed by atoms with Gasteiger partial charge in [0.25, 0.3) is 0 Å². The SMILES string of the molecule is O=C(OCc1ccccc1Oc1ccccc1)c1ccc(O)cc1. The number of para-hydroxylation sites is 2. The van der Waals surface area contributed by atoms with Gasteiger partial charge >= 0.3 is 5.97 Å². The highest BCUT2D eigenvalue weighted by atomic mass is 16.5. The highest BCUT2D eigenvalue weighted by Gasteiger charge is 2.10. The van der Waals surface area contributed by atoms with E-state index in [1.807, 2.05) is 54.6 Å². The van der Waals surface area contributed by atoms with E-state index in [2.05, 4.69) is 0 Å². The zero-order valence-corrected chi connectivity index (χ0v) is 12.9. The Bertz CT molecular complexity index is 811. The zero-order chi connectivity index (χ0) is 16.8. The lowest BCUT2D eigenvalue weighted by atomic mass is 10.2. The Hall–Kier alpha value is -3.27. The normalized spacial score (nSPS) is 10.2. The number of carbonyl (C=O) groups excluding carboxylic acids is 1. The van der Waals surface area contributed by atoms with Gasteiger partial charge in [-0.3, -0.25) is 0 Å². The molecule has 3 aromatic rings. The number of carbonyl (C=O) groups is 1. The fourth-order valence-corrected chi connectivity index (χ4v) is 2.16. The molecule has 0 aromatic heterocycles. The molecule has 120 valence electrons. The molecule has 0 aliphatic rings. The maximum atomic E-state index is 12.1. The summed E-state index contributed by atoms with van der Waals surface area (Å²) in [5.41, 5.74) is 1.16. The molecule has 4 heteroatoms. The molecule has 0 radical (unpaired) electrons. The number of hydrogen-bond acceptors (Lipinski definition) is 4. The third-order valence-electron chi connectivity index (χ3n) is 3.41. The summed E-state index contributed by atoms with van der Waals surface area (Å²) in [6.45, 7) is 0.0999. The van der Waals surface area contributed by atoms with E-state index in [0.29, 0.717) is 11.3 Å². The van der Waals surface area contributed by atoms with Crippen LogP contribution < -0.4 is 4.74 Å². The average Bonchev–Trinajstić information content (AvgIpc) is 2.62. The summed E-state index contributed by atoms with van der Waals surface area (Å²) in [6.07, 6.45) is 0. The molecule has 0 saturated heterocycles. The largest absolute Gasteiger partial charge is 0.508 e. The molecule has 0 heterocycles. The van der Waals surface area contributed by atoms with Gasteiger partial charge in [-0.15, -0.1) is 0 Å². The molecule has 0 bridgehead atoms. The van der Waals surface area contributed by atoms with Crippen molar-refractivity contribution in [2.24, 2.45) is 0 Å². The van der Waals surface area contributed by atoms with Gasteiger partial charge in [-0.05, 0) is 42.5 Å². The minimum absolute atomic E-state index is 0.0999. The van der Waals surface area contributed by atoms with Crippen molar-refractivity contribution < 1.29 is 19.4 Å². The second kappa shape index (κ2) is 7.33. The van der Waals surface area contributed by atoms with Crippen molar-refractivity contribution in [3.05, 3.63) is 90.0 Å². The van der Waals surface area contributed by atoms with Crippen molar-refractivity contribution in [2.45, 2.75) is 6.61 Å². The maximum Gasteiger partial charge on any atom is 0.338 e. The number of benzene rings is 3. The maximum absolute atomic E-state index is 12.1. The fourth-order valence-electron chi connectivity index (χ4n) is 2.16. The lowest BCUT2D eigenvalue weighted by Crippen LogP contribution is -2.05. The summed E-state index contributed by atoms with van der Waals surface area (Å²) >= 11 is 0. The van der Waals surface area contributed by atoms with Crippen LogP contribution in [0.25, 0.3) is 0 Å². The van der Waals surface area contributed by atoms with E-state index in [9.17, 15) is 9.90 Å². The van der Waals surface area contributed by atoms with Crippen LogP contribution in [-0.2, 0) is 11.3 Å². The van der Waals surface area contributed by atoms with E-state index < -0.39 is 5.97 Å². The molecule has 0 unspecified atom stereocenters. The van der Waals surface area contributed by atoms with E-state index in [4.69, 9.17) is 9.47 Å². The predicted molar refractivity (Wildman–Crippen MR) is 90.2 cm³/mol. The Kier molecular flexibility index (Phi) is 4.77. The Balaban J connectivity index is 1.69. The molecule has 3 aromatic carbocycles. The van der Waals surface area contributed by atoms with Gasteiger partial charge in [-0.2, -0.15) is 0 Å². The Morgan fingerprint density at radius 3 is 2.25 bits per heavy atom. The lowest BCUT2D eigenvalue weighted by molar-refractivity contribution is 0.0471. The first-order valence-electron chi connectivity index (χ1n) is 7.49. The highest BCUT2D eigenvalue weighted by Crippen LogP contribution is 2.25. The van der Waals surface area contributed by atoms with Gasteiger partial charge in [0.15, 0.2) is 0 Å². The first-order valence-corrected chi connectivity index (χ1v) is 7.49. The zero-order valence-electron chi connectivity index (χ0n) is 12.9. The first-order chi connectivity index (χ1) is 11.7. The van der Waals surface area contributed by atoms with Gasteiger partial charge < -0.3 is 14.6 Å². The van der Waals surface area contributed by atoms with E-state index in [0.717, 1.165) is 11.3 Å². The topological polar surface area (TPSA) is 55.8 Å². The number of ether oxygens (including phenoxy) is 2. The molecule has 4 nitrogen and oxygen atoms in total. The Labute approximate surface area is 139 Å². The second-order valence-corrected chi connectivity index (χ2v) is 5.15. The van der Waals surface area contributed by atoms with Crippen LogP contribution in [0.4, 0.5) is 0 Å². The van der Waals surface area contributed by atoms with Crippen molar-refractivity contribution in [1.29, 1.82) is 0 Å². The molecule has 0 atom stereocenters. The number of hydrogen-bond donors (Lipinski definition) is 1. The van der Waals surface area contributed by atoms with Crippen molar-refractivity contribution in [3.63, 3.8) is 0 Å². The number of rotatable bonds is 5. The molecule has 1 N–H and O–H groups in total. The van der Waals surface area contributed by atoms with Crippen molar-refractivity contribution >= 4 is 5.97 Å². The van der Waals surface area contributed by atoms with Gasteiger partial charge in [-0.1, -0.05) is 36.4 Å². The third kappa shape index (κ3) is 3.93. The number of phenolic OH excluding ortho intramolecular Hbond substituents is 1. The first kappa shape index (κ1) is 15.6. The van der Waals surface area contributed by atoms with Crippen LogP contribution in [0.3, 0.4) is 0 Å². The predicted octanol–water partition coefficient (Wildman–Crippen LogP) is 4.54. The van der Waals surface area contributed by atoms with E-state index in [1.54, 1.807) is 0 Å². The number of esters is 1. The molecule has 0 amide bonds. The summed E-state index contributed by atoms with van der Waals surface area (Å²) in [6, 6.07) is 22.8. The fraction of sp³-hybridized carbons (Fsp3) is 0.0500. The molecule has 0 fully saturated rings. The van der Waals surface area contributed by atoms with Gasteiger partial charge in [0.05, 0.1) is 5.56 Å². The smallest absolute Gasteiger partial charge is 0.338 e. The van der Waals surface area contributed by atoms with Crippen molar-refractivity contribution in [2.75, 3.05) is 0 Å². The lowest BCUT2D eigenvalue weighted by Gasteiger charge is -2.11. The van der Waals surface area contributed by atoms with Gasteiger partial charge in [-0.25, -0.2) is 4.79 Å². The molecular formula is C20H16O4. The summed E-state index contributed by atoms with van der Waals surface area (Å²) < 4.78 is 11.2. The molecule has 24 heavy (non-hydrogen) atoms. The highest BCUT2D eigenvalue weighted by molar-refractivity contribution is 5.89. The van der Waals surface area contributed by atoms with Crippen molar-refractivity contribution in [1.82, 2.24) is 0 Å². The van der Waals surface area contributed by atoms with Gasteiger partial charge in [0.2, 0.25) is 0 Å². The van der Waals surface area contributed by atoms with E-state index >= 15 is 0 Å². The van der Waals surface area contributed by atoms with Crippen LogP contribution >= 0.6 is 0 Å². The minimum atomic E-state index is -0.454. The third-order valence-corrected chi connectivity index (χ3v) is 3.41. The summed E-state index contributed by atoms with van der Waals surface area (Å²) in [5, 5.41) is 9.25. The second-order valence-electron chi connectivity index (χ2n) is 5.15. The summed E-state index contributed by atoms with van der Waals surface area (Å²) in [7, 11) is 0. The molecule has 3 rings (SSSR count). The van der Waals surface area contributed by atoms with Crippen LogP contribution in [-0.4, -0.2) is 11.1 Å². The average molecular weight is 320 g/mol. The minimum Gasteiger partial charge on any atom is -0.508 e. The van der Waals surface area contributed by atoms with E-state index in [-0.39, 0.29) is 12.4 Å². The standard InChI is InChI=1S/C20H16O4/c21-17-12-10-15(11-13-17)20(22)23-14-16-6-4-5-9-19(16)24-18-7-2-1-3-8-18/h1-13,21H,14H2. The summed E-state index contributed by atoms with van der Waals surface area (Å²) in [4.78, 5) is 12.1. The monoisotopic (exact) mass is 320 g/mol. The molecule has 0 saturated carbocycles. The number of phenols is 1. The Morgan fingerprint density at radius 2 is 1.50 bits per heavy atom. The van der Waals surface area contributed by atoms with Crippen LogP contribution in [0.1, 0.15) is 15.9 Å². The number of aromatic hydroxyl groups is 1. The van der Waals surface area contributed by atoms with Crippen molar-refractivity contribution in [3.8, 4) is 17.2 Å². The molecule has 0 aliphatic heterocycles. The quantitative estimate of drug-likeness (QED) is 0.701. The van der Waals surface area contributed by atoms with Crippen LogP contribution in [0.5, 0.6) is 17.2 Å². The van der Waals surface area contributed by atoms with Crippen LogP contribution in [0, 0.1) is 0 Å². The van der Waals surface area contributed by atoms with Gasteiger partial charge in [0, 0.05) is 5.56 Å². The Morgan fingerprint density at radius 1 is 0.833 bits per heavy atom. The van der Waals surface area contributed by atoms with E-state index in [1.165, 1.54) is 24.3 Å². The summed E-state index contributed by atoms with van der Waals surface area (Å²) in [5.74, 6) is 1.01. The molecule has 0 spiro atoms. The molecular weight excluding hydrogens is 304 g/mol.